The van der Waals surface area contributed by atoms with Crippen molar-refractivity contribution in [3.8, 4) is 5.75 Å². The van der Waals surface area contributed by atoms with Gasteiger partial charge < -0.3 is 4.74 Å². The van der Waals surface area contributed by atoms with Crippen LogP contribution in [0.3, 0.4) is 0 Å². The molecule has 0 aliphatic carbocycles. The van der Waals surface area contributed by atoms with Crippen LogP contribution >= 0.6 is 46.1 Å². The largest absolute Gasteiger partial charge is 0.497 e. The number of aromatic nitrogens is 1. The van der Waals surface area contributed by atoms with Crippen molar-refractivity contribution in [3.05, 3.63) is 75.2 Å². The molecule has 1 heterocycles. The van der Waals surface area contributed by atoms with Crippen molar-refractivity contribution in [2.24, 2.45) is 0 Å². The van der Waals surface area contributed by atoms with Gasteiger partial charge in [0.1, 0.15) is 10.6 Å². The van der Waals surface area contributed by atoms with E-state index in [4.69, 9.17) is 39.5 Å². The van der Waals surface area contributed by atoms with Gasteiger partial charge in [-0.25, -0.2) is 13.4 Å². The number of methoxy groups -OCH3 is 1. The minimum atomic E-state index is -4.17. The van der Waals surface area contributed by atoms with E-state index in [-0.39, 0.29) is 26.2 Å². The van der Waals surface area contributed by atoms with E-state index in [1.54, 1.807) is 19.2 Å². The van der Waals surface area contributed by atoms with Gasteiger partial charge in [0.2, 0.25) is 0 Å². The summed E-state index contributed by atoms with van der Waals surface area (Å²) in [5.41, 5.74) is 0.854. The molecule has 0 aliphatic heterocycles. The Morgan fingerprint density at radius 3 is 2.52 bits per heavy atom. The third-order valence-corrected chi connectivity index (χ3v) is 7.82. The first-order valence-electron chi connectivity index (χ1n) is 9.19. The number of carbonyl (C=O) groups is 1. The zero-order valence-corrected chi connectivity index (χ0v) is 20.6. The molecule has 0 radical (unpaired) electrons. The number of thiazole rings is 1. The molecule has 0 bridgehead atoms. The highest BCUT2D eigenvalue weighted by Crippen LogP contribution is 2.32. The zero-order valence-electron chi connectivity index (χ0n) is 16.7. The Labute approximate surface area is 208 Å². The third kappa shape index (κ3) is 5.18. The zero-order chi connectivity index (χ0) is 23.8. The maximum absolute atomic E-state index is 12.9. The van der Waals surface area contributed by atoms with Gasteiger partial charge in [-0.05, 0) is 54.6 Å². The van der Waals surface area contributed by atoms with Crippen molar-refractivity contribution < 1.29 is 17.9 Å². The molecule has 12 heteroatoms. The van der Waals surface area contributed by atoms with E-state index in [1.165, 1.54) is 47.7 Å². The molecule has 4 rings (SSSR count). The molecule has 1 aromatic heterocycles. The van der Waals surface area contributed by atoms with E-state index in [0.717, 1.165) is 4.70 Å². The van der Waals surface area contributed by atoms with Crippen LogP contribution in [0.1, 0.15) is 10.4 Å². The Morgan fingerprint density at radius 1 is 1.00 bits per heavy atom. The highest BCUT2D eigenvalue weighted by molar-refractivity contribution is 7.92. The summed E-state index contributed by atoms with van der Waals surface area (Å²) in [7, 11) is -2.61. The molecule has 0 saturated carbocycles. The summed E-state index contributed by atoms with van der Waals surface area (Å²) in [6, 6.07) is 13.6. The fourth-order valence-corrected chi connectivity index (χ4v) is 5.76. The molecule has 7 nitrogen and oxygen atoms in total. The van der Waals surface area contributed by atoms with Crippen molar-refractivity contribution in [1.82, 2.24) is 4.98 Å². The minimum absolute atomic E-state index is 0.0655. The second-order valence-corrected chi connectivity index (χ2v) is 10.6. The van der Waals surface area contributed by atoms with Crippen molar-refractivity contribution >= 4 is 83.1 Å². The normalized spacial score (nSPS) is 11.4. The molecular weight excluding hydrogens is 529 g/mol. The summed E-state index contributed by atoms with van der Waals surface area (Å²) < 4.78 is 34.3. The van der Waals surface area contributed by atoms with Crippen molar-refractivity contribution in [2.45, 2.75) is 4.90 Å². The number of sulfonamides is 1. The van der Waals surface area contributed by atoms with Gasteiger partial charge in [0.05, 0.1) is 33.1 Å². The van der Waals surface area contributed by atoms with E-state index in [9.17, 15) is 13.2 Å². The first kappa shape index (κ1) is 23.6. The maximum Gasteiger partial charge on any atom is 0.263 e. The lowest BCUT2D eigenvalue weighted by Crippen LogP contribution is -2.16. The molecule has 3 aromatic carbocycles. The second-order valence-electron chi connectivity index (χ2n) is 6.68. The molecule has 2 N–H and O–H groups in total. The summed E-state index contributed by atoms with van der Waals surface area (Å²) in [6.07, 6.45) is 0. The van der Waals surface area contributed by atoms with Gasteiger partial charge in [0, 0.05) is 10.6 Å². The van der Waals surface area contributed by atoms with E-state index < -0.39 is 15.9 Å². The number of ether oxygens (including phenoxy) is 1. The fourth-order valence-electron chi connectivity index (χ4n) is 2.88. The Bertz CT molecular complexity index is 1490. The molecule has 0 spiro atoms. The number of benzene rings is 3. The number of halogens is 3. The van der Waals surface area contributed by atoms with Crippen LogP contribution in [0.15, 0.2) is 59.5 Å². The quantitative estimate of drug-likeness (QED) is 0.297. The van der Waals surface area contributed by atoms with Gasteiger partial charge in [0.15, 0.2) is 5.13 Å². The molecule has 0 aliphatic rings. The summed E-state index contributed by atoms with van der Waals surface area (Å²) in [6.45, 7) is 0. The molecular formula is C21H14Cl3N3O4S2. The first-order valence-corrected chi connectivity index (χ1v) is 12.6. The number of nitrogens with zero attached hydrogens (tertiary/aromatic N) is 1. The van der Waals surface area contributed by atoms with Gasteiger partial charge >= 0.3 is 0 Å². The number of amides is 1. The summed E-state index contributed by atoms with van der Waals surface area (Å²) in [4.78, 5) is 16.9. The SMILES string of the molecule is COc1ccc2nc(NC(=O)c3ccc(Cl)c(S(=O)(=O)Nc4cc(Cl)ccc4Cl)c3)sc2c1. The van der Waals surface area contributed by atoms with Crippen LogP contribution in [-0.4, -0.2) is 26.4 Å². The van der Waals surface area contributed by atoms with Gasteiger partial charge in [-0.15, -0.1) is 0 Å². The van der Waals surface area contributed by atoms with Gasteiger partial charge in [0.25, 0.3) is 15.9 Å². The average Bonchev–Trinajstić information content (AvgIpc) is 3.17. The van der Waals surface area contributed by atoms with E-state index in [0.29, 0.717) is 21.4 Å². The standard InChI is InChI=1S/C21H14Cl3N3O4S2/c1-31-13-4-7-16-18(10-13)32-21(25-16)26-20(28)11-2-5-15(24)19(8-11)33(29,30)27-17-9-12(22)3-6-14(17)23/h2-10,27H,1H3,(H,25,26,28). The lowest BCUT2D eigenvalue weighted by Gasteiger charge is -2.12. The Hall–Kier alpha value is -2.56. The molecule has 0 atom stereocenters. The lowest BCUT2D eigenvalue weighted by atomic mass is 10.2. The van der Waals surface area contributed by atoms with Gasteiger partial charge in [-0.1, -0.05) is 46.1 Å². The van der Waals surface area contributed by atoms with Crippen LogP contribution < -0.4 is 14.8 Å². The van der Waals surface area contributed by atoms with Crippen LogP contribution in [0.2, 0.25) is 15.1 Å². The van der Waals surface area contributed by atoms with Crippen LogP contribution in [0.4, 0.5) is 10.8 Å². The number of rotatable bonds is 6. The van der Waals surface area contributed by atoms with Crippen molar-refractivity contribution in [2.75, 3.05) is 17.1 Å². The van der Waals surface area contributed by atoms with Crippen molar-refractivity contribution in [1.29, 1.82) is 0 Å². The summed E-state index contributed by atoms with van der Waals surface area (Å²) in [5, 5.41) is 3.42. The lowest BCUT2D eigenvalue weighted by molar-refractivity contribution is 0.102. The molecule has 170 valence electrons. The summed E-state index contributed by atoms with van der Waals surface area (Å²) >= 11 is 19.4. The smallest absolute Gasteiger partial charge is 0.263 e. The average molecular weight is 543 g/mol. The number of hydrogen-bond acceptors (Lipinski definition) is 6. The number of hydrogen-bond donors (Lipinski definition) is 2. The topological polar surface area (TPSA) is 97.4 Å². The Balaban J connectivity index is 1.61. The molecule has 4 aromatic rings. The third-order valence-electron chi connectivity index (χ3n) is 4.47. The van der Waals surface area contributed by atoms with Crippen LogP contribution in [0.25, 0.3) is 10.2 Å². The fraction of sp³-hybridized carbons (Fsp3) is 0.0476. The molecule has 0 saturated heterocycles. The number of anilines is 2. The predicted molar refractivity (Wildman–Crippen MR) is 133 cm³/mol. The first-order chi connectivity index (χ1) is 15.7. The Morgan fingerprint density at radius 2 is 1.76 bits per heavy atom. The summed E-state index contributed by atoms with van der Waals surface area (Å²) in [5.74, 6) is 0.124. The van der Waals surface area contributed by atoms with E-state index in [1.807, 2.05) is 6.07 Å². The number of carbonyl (C=O) groups excluding carboxylic acids is 1. The molecule has 1 amide bonds. The van der Waals surface area contributed by atoms with Crippen molar-refractivity contribution in [3.63, 3.8) is 0 Å². The Kier molecular flexibility index (Phi) is 6.69. The predicted octanol–water partition coefficient (Wildman–Crippen LogP) is 6.32. The van der Waals surface area contributed by atoms with E-state index >= 15 is 0 Å². The van der Waals surface area contributed by atoms with Crippen LogP contribution in [0, 0.1) is 0 Å². The highest BCUT2D eigenvalue weighted by Gasteiger charge is 2.22. The van der Waals surface area contributed by atoms with Gasteiger partial charge in [-0.3, -0.25) is 14.8 Å². The number of fused-ring (bicyclic) bond motifs is 1. The second kappa shape index (κ2) is 9.36. The monoisotopic (exact) mass is 541 g/mol. The minimum Gasteiger partial charge on any atom is -0.497 e. The van der Waals surface area contributed by atoms with Crippen LogP contribution in [0.5, 0.6) is 5.75 Å². The molecule has 33 heavy (non-hydrogen) atoms. The maximum atomic E-state index is 12.9. The van der Waals surface area contributed by atoms with E-state index in [2.05, 4.69) is 15.0 Å². The molecule has 0 fully saturated rings. The van der Waals surface area contributed by atoms with Crippen LogP contribution in [-0.2, 0) is 10.0 Å². The van der Waals surface area contributed by atoms with Gasteiger partial charge in [-0.2, -0.15) is 0 Å². The highest BCUT2D eigenvalue weighted by atomic mass is 35.5. The number of nitrogens with one attached hydrogen (secondary N) is 2. The molecule has 0 unspecified atom stereocenters.